The molecule has 6 heteroatoms. The lowest BCUT2D eigenvalue weighted by atomic mass is 10.1. The third-order valence-corrected chi connectivity index (χ3v) is 2.14. The molecule has 1 aromatic rings. The Bertz CT molecular complexity index is 440. The molecule has 3 N–H and O–H groups in total. The number of nitrogens with two attached hydrogens (primary N) is 1. The highest BCUT2D eigenvalue weighted by Gasteiger charge is 2.21. The molecule has 0 aliphatic carbocycles. The molecule has 0 aromatic carbocycles. The molecule has 104 valence electrons. The number of hydrogen-bond donors (Lipinski definition) is 2. The number of imide groups is 1. The van der Waals surface area contributed by atoms with Gasteiger partial charge in [-0.2, -0.15) is 0 Å². The van der Waals surface area contributed by atoms with Gasteiger partial charge in [0.1, 0.15) is 5.60 Å². The average Bonchev–Trinajstić information content (AvgIpc) is 2.27. The molecular formula is C13H19N3O3. The van der Waals surface area contributed by atoms with Crippen LogP contribution in [0.1, 0.15) is 26.3 Å². The van der Waals surface area contributed by atoms with E-state index in [0.29, 0.717) is 6.42 Å². The van der Waals surface area contributed by atoms with Gasteiger partial charge in [-0.05, 0) is 38.8 Å². The van der Waals surface area contributed by atoms with Crippen LogP contribution in [-0.2, 0) is 16.0 Å². The van der Waals surface area contributed by atoms with Crippen LogP contribution in [0.5, 0.6) is 0 Å². The minimum absolute atomic E-state index is 0.308. The molecule has 0 unspecified atom stereocenters. The van der Waals surface area contributed by atoms with Gasteiger partial charge < -0.3 is 10.5 Å². The zero-order valence-electron chi connectivity index (χ0n) is 11.3. The van der Waals surface area contributed by atoms with Crippen LogP contribution >= 0.6 is 0 Å². The molecule has 1 heterocycles. The first kappa shape index (κ1) is 15.1. The maximum absolute atomic E-state index is 11.7. The van der Waals surface area contributed by atoms with Crippen molar-refractivity contribution >= 4 is 12.0 Å². The molecule has 6 nitrogen and oxygen atoms in total. The Balaban J connectivity index is 2.47. The van der Waals surface area contributed by atoms with E-state index in [1.165, 1.54) is 0 Å². The summed E-state index contributed by atoms with van der Waals surface area (Å²) in [6.45, 7) is 5.14. The van der Waals surface area contributed by atoms with E-state index in [2.05, 4.69) is 10.3 Å². The fourth-order valence-corrected chi connectivity index (χ4v) is 1.36. The molecule has 0 bridgehead atoms. The van der Waals surface area contributed by atoms with Gasteiger partial charge in [-0.3, -0.25) is 15.1 Å². The molecule has 0 aliphatic heterocycles. The van der Waals surface area contributed by atoms with Crippen molar-refractivity contribution in [3.8, 4) is 0 Å². The maximum atomic E-state index is 11.7. The summed E-state index contributed by atoms with van der Waals surface area (Å²) in [5.41, 5.74) is 5.89. The minimum Gasteiger partial charge on any atom is -0.444 e. The van der Waals surface area contributed by atoms with Gasteiger partial charge in [-0.1, -0.05) is 6.07 Å². The van der Waals surface area contributed by atoms with Gasteiger partial charge in [0.25, 0.3) is 0 Å². The summed E-state index contributed by atoms with van der Waals surface area (Å²) < 4.78 is 4.97. The number of amides is 2. The highest BCUT2D eigenvalue weighted by Crippen LogP contribution is 2.06. The van der Waals surface area contributed by atoms with Crippen LogP contribution in [0, 0.1) is 0 Å². The van der Waals surface area contributed by atoms with Crippen LogP contribution in [0.15, 0.2) is 24.5 Å². The lowest BCUT2D eigenvalue weighted by Crippen LogP contribution is -2.46. The topological polar surface area (TPSA) is 94.3 Å². The molecule has 1 atom stereocenters. The van der Waals surface area contributed by atoms with Crippen LogP contribution in [-0.4, -0.2) is 28.6 Å². The lowest BCUT2D eigenvalue weighted by molar-refractivity contribution is -0.121. The van der Waals surface area contributed by atoms with Crippen molar-refractivity contribution in [1.82, 2.24) is 10.3 Å². The summed E-state index contributed by atoms with van der Waals surface area (Å²) in [7, 11) is 0. The van der Waals surface area contributed by atoms with Crippen LogP contribution < -0.4 is 11.1 Å². The molecule has 0 saturated carbocycles. The number of carbonyl (C=O) groups is 2. The predicted molar refractivity (Wildman–Crippen MR) is 70.3 cm³/mol. The first-order valence-corrected chi connectivity index (χ1v) is 5.96. The molecule has 2 amide bonds. The van der Waals surface area contributed by atoms with Crippen LogP contribution in [0.4, 0.5) is 4.79 Å². The van der Waals surface area contributed by atoms with E-state index >= 15 is 0 Å². The number of hydrogen-bond acceptors (Lipinski definition) is 5. The summed E-state index contributed by atoms with van der Waals surface area (Å²) in [6.07, 6.45) is 2.78. The van der Waals surface area contributed by atoms with E-state index in [-0.39, 0.29) is 0 Å². The fourth-order valence-electron chi connectivity index (χ4n) is 1.36. The molecule has 19 heavy (non-hydrogen) atoms. The SMILES string of the molecule is CC(C)(C)OC(=O)NC(=O)[C@@H](N)Cc1cccnc1. The van der Waals surface area contributed by atoms with Crippen molar-refractivity contribution in [3.05, 3.63) is 30.1 Å². The number of alkyl carbamates (subject to hydrolysis) is 1. The number of nitrogens with one attached hydrogen (secondary N) is 1. The number of aromatic nitrogens is 1. The monoisotopic (exact) mass is 265 g/mol. The van der Waals surface area contributed by atoms with E-state index in [0.717, 1.165) is 5.56 Å². The van der Waals surface area contributed by atoms with Crippen molar-refractivity contribution in [1.29, 1.82) is 0 Å². The summed E-state index contributed by atoms with van der Waals surface area (Å²) >= 11 is 0. The Morgan fingerprint density at radius 3 is 2.68 bits per heavy atom. The van der Waals surface area contributed by atoms with Gasteiger partial charge >= 0.3 is 6.09 Å². The van der Waals surface area contributed by atoms with Crippen molar-refractivity contribution < 1.29 is 14.3 Å². The third-order valence-electron chi connectivity index (χ3n) is 2.14. The van der Waals surface area contributed by atoms with Gasteiger partial charge in [-0.15, -0.1) is 0 Å². The molecule has 1 rings (SSSR count). The lowest BCUT2D eigenvalue weighted by Gasteiger charge is -2.20. The summed E-state index contributed by atoms with van der Waals surface area (Å²) in [4.78, 5) is 27.0. The van der Waals surface area contributed by atoms with Crippen LogP contribution in [0.2, 0.25) is 0 Å². The van der Waals surface area contributed by atoms with Gasteiger partial charge in [0.15, 0.2) is 0 Å². The number of nitrogens with zero attached hydrogens (tertiary/aromatic N) is 1. The second-order valence-corrected chi connectivity index (χ2v) is 5.16. The maximum Gasteiger partial charge on any atom is 0.414 e. The number of rotatable bonds is 3. The first-order chi connectivity index (χ1) is 8.78. The van der Waals surface area contributed by atoms with E-state index < -0.39 is 23.6 Å². The van der Waals surface area contributed by atoms with E-state index in [1.807, 2.05) is 6.07 Å². The molecule has 0 radical (unpaired) electrons. The summed E-state index contributed by atoms with van der Waals surface area (Å²) in [5.74, 6) is -0.571. The van der Waals surface area contributed by atoms with E-state index in [1.54, 1.807) is 39.2 Å². The predicted octanol–water partition coefficient (Wildman–Crippen LogP) is 1.00. The van der Waals surface area contributed by atoms with Crippen molar-refractivity contribution in [2.24, 2.45) is 5.73 Å². The average molecular weight is 265 g/mol. The highest BCUT2D eigenvalue weighted by molar-refractivity contribution is 5.94. The summed E-state index contributed by atoms with van der Waals surface area (Å²) in [6, 6.07) is 2.75. The molecule has 0 spiro atoms. The van der Waals surface area contributed by atoms with Gasteiger partial charge in [0, 0.05) is 12.4 Å². The second kappa shape index (κ2) is 6.29. The van der Waals surface area contributed by atoms with E-state index in [9.17, 15) is 9.59 Å². The first-order valence-electron chi connectivity index (χ1n) is 5.96. The van der Waals surface area contributed by atoms with Crippen molar-refractivity contribution in [2.45, 2.75) is 38.8 Å². The molecule has 0 fully saturated rings. The molecule has 1 aromatic heterocycles. The standard InChI is InChI=1S/C13H19N3O3/c1-13(2,3)19-12(18)16-11(17)10(14)7-9-5-4-6-15-8-9/h4-6,8,10H,7,14H2,1-3H3,(H,16,17,18)/t10-/m0/s1. The Kier molecular flexibility index (Phi) is 5.00. The fraction of sp³-hybridized carbons (Fsp3) is 0.462. The van der Waals surface area contributed by atoms with Gasteiger partial charge in [0.05, 0.1) is 6.04 Å². The Morgan fingerprint density at radius 2 is 2.16 bits per heavy atom. The number of pyridine rings is 1. The van der Waals surface area contributed by atoms with Crippen LogP contribution in [0.3, 0.4) is 0 Å². The summed E-state index contributed by atoms with van der Waals surface area (Å²) in [5, 5.41) is 2.11. The van der Waals surface area contributed by atoms with E-state index in [4.69, 9.17) is 10.5 Å². The smallest absolute Gasteiger partial charge is 0.414 e. The molecule has 0 saturated heterocycles. The largest absolute Gasteiger partial charge is 0.444 e. The van der Waals surface area contributed by atoms with Gasteiger partial charge in [0.2, 0.25) is 5.91 Å². The second-order valence-electron chi connectivity index (χ2n) is 5.16. The Hall–Kier alpha value is -1.95. The highest BCUT2D eigenvalue weighted by atomic mass is 16.6. The number of ether oxygens (including phenoxy) is 1. The number of carbonyl (C=O) groups excluding carboxylic acids is 2. The third kappa shape index (κ3) is 5.96. The Morgan fingerprint density at radius 1 is 1.47 bits per heavy atom. The quantitative estimate of drug-likeness (QED) is 0.850. The molecular weight excluding hydrogens is 246 g/mol. The minimum atomic E-state index is -0.822. The normalized spacial score (nSPS) is 12.6. The Labute approximate surface area is 112 Å². The van der Waals surface area contributed by atoms with Gasteiger partial charge in [-0.25, -0.2) is 4.79 Å². The molecule has 0 aliphatic rings. The zero-order chi connectivity index (χ0) is 14.5. The van der Waals surface area contributed by atoms with Crippen LogP contribution in [0.25, 0.3) is 0 Å². The zero-order valence-corrected chi connectivity index (χ0v) is 11.3. The van der Waals surface area contributed by atoms with Crippen molar-refractivity contribution in [2.75, 3.05) is 0 Å². The van der Waals surface area contributed by atoms with Crippen molar-refractivity contribution in [3.63, 3.8) is 0 Å².